The lowest BCUT2D eigenvalue weighted by Gasteiger charge is -2.02. The van der Waals surface area contributed by atoms with E-state index in [-0.39, 0.29) is 0 Å². The molecule has 0 rings (SSSR count). The second kappa shape index (κ2) is 3.76. The lowest BCUT2D eigenvalue weighted by Crippen LogP contribution is -2.00. The summed E-state index contributed by atoms with van der Waals surface area (Å²) in [5, 5.41) is 0. The van der Waals surface area contributed by atoms with Crippen molar-refractivity contribution in [2.24, 2.45) is 0 Å². The molecule has 0 saturated heterocycles. The van der Waals surface area contributed by atoms with Crippen LogP contribution in [0, 0.1) is 0 Å². The minimum Gasteiger partial charge on any atom is -0.146 e. The van der Waals surface area contributed by atoms with Crippen molar-refractivity contribution in [3.63, 3.8) is 0 Å². The number of rotatable bonds is 2. The summed E-state index contributed by atoms with van der Waals surface area (Å²) in [6, 6.07) is 0. The minimum atomic E-state index is -1.02. The van der Waals surface area contributed by atoms with Crippen LogP contribution in [0.1, 0.15) is 20.3 Å². The molecule has 0 aliphatic carbocycles. The molecule has 1 atom stereocenters. The van der Waals surface area contributed by atoms with Gasteiger partial charge in [-0.2, -0.15) is 0 Å². The maximum absolute atomic E-state index is 5.60. The van der Waals surface area contributed by atoms with Gasteiger partial charge in [0.05, 0.1) is 0 Å². The van der Waals surface area contributed by atoms with Crippen LogP contribution in [0.3, 0.4) is 0 Å². The molecule has 0 aromatic heterocycles. The molecule has 43 valence electrons. The Morgan fingerprint density at radius 2 is 2.00 bits per heavy atom. The number of hydrogen-bond acceptors (Lipinski definition) is 0. The van der Waals surface area contributed by atoms with Crippen molar-refractivity contribution in [1.29, 1.82) is 0 Å². The molecular formula is C4H9Cl2Si. The quantitative estimate of drug-likeness (QED) is 0.426. The summed E-state index contributed by atoms with van der Waals surface area (Å²) in [5.41, 5.74) is 0.535. The average molecular weight is 156 g/mol. The third-order valence-corrected chi connectivity index (χ3v) is 4.37. The van der Waals surface area contributed by atoms with Gasteiger partial charge >= 0.3 is 0 Å². The van der Waals surface area contributed by atoms with E-state index in [2.05, 4.69) is 13.8 Å². The Morgan fingerprint density at radius 3 is 2.00 bits per heavy atom. The second-order valence-electron chi connectivity index (χ2n) is 1.60. The van der Waals surface area contributed by atoms with E-state index < -0.39 is 7.42 Å². The first-order valence-corrected chi connectivity index (χ1v) is 5.96. The number of halogens is 2. The molecule has 0 fully saturated rings. The van der Waals surface area contributed by atoms with Crippen LogP contribution in [0.4, 0.5) is 0 Å². The van der Waals surface area contributed by atoms with Gasteiger partial charge in [0.1, 0.15) is 0 Å². The molecule has 1 radical (unpaired) electrons. The molecule has 0 spiro atoms. The van der Waals surface area contributed by atoms with Crippen LogP contribution in [0.15, 0.2) is 0 Å². The van der Waals surface area contributed by atoms with Gasteiger partial charge in [0.15, 0.2) is 0 Å². The van der Waals surface area contributed by atoms with Crippen molar-refractivity contribution >= 4 is 29.6 Å². The molecular weight excluding hydrogens is 147 g/mol. The Balaban J connectivity index is 3.14. The molecule has 0 aromatic rings. The van der Waals surface area contributed by atoms with Crippen LogP contribution in [0.25, 0.3) is 0 Å². The summed E-state index contributed by atoms with van der Waals surface area (Å²) in [4.78, 5) is 0. The third-order valence-electron chi connectivity index (χ3n) is 0.985. The summed E-state index contributed by atoms with van der Waals surface area (Å²) in [6.45, 7) is 4.17. The van der Waals surface area contributed by atoms with Gasteiger partial charge in [-0.05, 0) is 5.54 Å². The molecule has 0 aliphatic heterocycles. The summed E-state index contributed by atoms with van der Waals surface area (Å²) in [5.74, 6) is 0. The predicted octanol–water partition coefficient (Wildman–Crippen LogP) is 2.75. The molecule has 3 heteroatoms. The van der Waals surface area contributed by atoms with Crippen LogP contribution in [0.2, 0.25) is 5.54 Å². The highest BCUT2D eigenvalue weighted by molar-refractivity contribution is 7.34. The highest BCUT2D eigenvalue weighted by Crippen LogP contribution is 2.18. The topological polar surface area (TPSA) is 0 Å². The van der Waals surface area contributed by atoms with Gasteiger partial charge in [0.2, 0.25) is 0 Å². The van der Waals surface area contributed by atoms with Crippen molar-refractivity contribution < 1.29 is 0 Å². The van der Waals surface area contributed by atoms with E-state index in [0.717, 1.165) is 6.42 Å². The van der Waals surface area contributed by atoms with Crippen LogP contribution in [-0.4, -0.2) is 7.42 Å². The molecule has 0 aromatic carbocycles. The van der Waals surface area contributed by atoms with E-state index in [1.807, 2.05) is 0 Å². The zero-order chi connectivity index (χ0) is 5.86. The van der Waals surface area contributed by atoms with E-state index >= 15 is 0 Å². The van der Waals surface area contributed by atoms with Crippen molar-refractivity contribution in [3.8, 4) is 0 Å². The van der Waals surface area contributed by atoms with Crippen LogP contribution < -0.4 is 0 Å². The fourth-order valence-electron chi connectivity index (χ4n) is 0.154. The molecule has 0 saturated carbocycles. The lowest BCUT2D eigenvalue weighted by molar-refractivity contribution is 0.874. The first-order chi connectivity index (χ1) is 3.18. The lowest BCUT2D eigenvalue weighted by atomic mass is 10.4. The predicted molar refractivity (Wildman–Crippen MR) is 37.2 cm³/mol. The van der Waals surface area contributed by atoms with Gasteiger partial charge in [0.25, 0.3) is 7.42 Å². The largest absolute Gasteiger partial charge is 0.276 e. The molecule has 1 unspecified atom stereocenters. The third kappa shape index (κ3) is 3.39. The molecule has 7 heavy (non-hydrogen) atoms. The van der Waals surface area contributed by atoms with Gasteiger partial charge in [-0.25, -0.2) is 0 Å². The SMILES string of the molecule is CCC(C)[Si](Cl)Cl. The molecule has 0 nitrogen and oxygen atoms in total. The van der Waals surface area contributed by atoms with Gasteiger partial charge < -0.3 is 0 Å². The smallest absolute Gasteiger partial charge is 0.146 e. The van der Waals surface area contributed by atoms with E-state index in [1.165, 1.54) is 0 Å². The summed E-state index contributed by atoms with van der Waals surface area (Å²) in [6.07, 6.45) is 1.10. The van der Waals surface area contributed by atoms with Crippen molar-refractivity contribution in [2.75, 3.05) is 0 Å². The molecule has 0 bridgehead atoms. The van der Waals surface area contributed by atoms with E-state index in [0.29, 0.717) is 5.54 Å². The van der Waals surface area contributed by atoms with Crippen molar-refractivity contribution in [1.82, 2.24) is 0 Å². The monoisotopic (exact) mass is 155 g/mol. The van der Waals surface area contributed by atoms with E-state index in [9.17, 15) is 0 Å². The minimum absolute atomic E-state index is 0.535. The Bertz CT molecular complexity index is 47.0. The highest BCUT2D eigenvalue weighted by Gasteiger charge is 2.10. The molecule has 0 amide bonds. The Labute approximate surface area is 55.8 Å². The Hall–Kier alpha value is 0.797. The van der Waals surface area contributed by atoms with Gasteiger partial charge in [-0.1, -0.05) is 20.3 Å². The summed E-state index contributed by atoms with van der Waals surface area (Å²) < 4.78 is 0. The van der Waals surface area contributed by atoms with Crippen LogP contribution in [-0.2, 0) is 0 Å². The van der Waals surface area contributed by atoms with Crippen LogP contribution in [0.5, 0.6) is 0 Å². The Morgan fingerprint density at radius 1 is 1.57 bits per heavy atom. The molecule has 0 heterocycles. The van der Waals surface area contributed by atoms with Gasteiger partial charge in [0, 0.05) is 0 Å². The van der Waals surface area contributed by atoms with E-state index in [4.69, 9.17) is 22.2 Å². The molecule has 0 aliphatic rings. The first-order valence-electron chi connectivity index (χ1n) is 2.36. The summed E-state index contributed by atoms with van der Waals surface area (Å²) >= 11 is 11.2. The summed E-state index contributed by atoms with van der Waals surface area (Å²) in [7, 11) is -1.02. The maximum atomic E-state index is 5.60. The fourth-order valence-corrected chi connectivity index (χ4v) is 1.39. The first kappa shape index (κ1) is 7.80. The second-order valence-corrected chi connectivity index (χ2v) is 6.19. The van der Waals surface area contributed by atoms with E-state index in [1.54, 1.807) is 0 Å². The molecule has 0 N–H and O–H groups in total. The highest BCUT2D eigenvalue weighted by atomic mass is 35.7. The van der Waals surface area contributed by atoms with Crippen LogP contribution >= 0.6 is 22.2 Å². The maximum Gasteiger partial charge on any atom is 0.276 e. The van der Waals surface area contributed by atoms with Gasteiger partial charge in [-0.15, -0.1) is 22.2 Å². The Kier molecular flexibility index (Phi) is 4.18. The van der Waals surface area contributed by atoms with Gasteiger partial charge in [-0.3, -0.25) is 0 Å². The van der Waals surface area contributed by atoms with Crippen molar-refractivity contribution in [3.05, 3.63) is 0 Å². The van der Waals surface area contributed by atoms with Crippen molar-refractivity contribution in [2.45, 2.75) is 25.8 Å². The standard InChI is InChI=1S/C4H9Cl2Si/c1-3-4(2)7(5)6/h4H,3H2,1-2H3. The zero-order valence-corrected chi connectivity index (χ0v) is 7.05. The number of hydrogen-bond donors (Lipinski definition) is 0. The normalized spacial score (nSPS) is 15.0. The average Bonchev–Trinajstić information content (AvgIpc) is 1.65. The zero-order valence-electron chi connectivity index (χ0n) is 4.54. The fraction of sp³-hybridized carbons (Fsp3) is 1.00.